The number of thioether (sulfide) groups is 1. The van der Waals surface area contributed by atoms with Crippen molar-refractivity contribution in [1.29, 1.82) is 0 Å². The third-order valence-electron chi connectivity index (χ3n) is 7.68. The van der Waals surface area contributed by atoms with E-state index < -0.39 is 34.9 Å². The maximum absolute atomic E-state index is 13.8. The van der Waals surface area contributed by atoms with Gasteiger partial charge in [-0.3, -0.25) is 9.59 Å². The lowest BCUT2D eigenvalue weighted by molar-refractivity contribution is -0.147. The van der Waals surface area contributed by atoms with Gasteiger partial charge in [0.1, 0.15) is 12.6 Å². The third-order valence-corrected chi connectivity index (χ3v) is 9.05. The average Bonchev–Trinajstić information content (AvgIpc) is 3.29. The van der Waals surface area contributed by atoms with Gasteiger partial charge in [-0.2, -0.15) is 0 Å². The number of nitrogens with one attached hydrogen (secondary N) is 2. The smallest absolute Gasteiger partial charge is 0.407 e. The maximum Gasteiger partial charge on any atom is 0.407 e. The van der Waals surface area contributed by atoms with Crippen LogP contribution < -0.4 is 10.6 Å². The van der Waals surface area contributed by atoms with Crippen LogP contribution in [0.3, 0.4) is 0 Å². The number of ether oxygens (including phenoxy) is 1. The van der Waals surface area contributed by atoms with Gasteiger partial charge in [-0.15, -0.1) is 11.8 Å². The van der Waals surface area contributed by atoms with Crippen LogP contribution in [0.1, 0.15) is 47.2 Å². The van der Waals surface area contributed by atoms with Crippen molar-refractivity contribution in [2.24, 2.45) is 0 Å². The SMILES string of the molecule is Cc1cc(C)cc(COC(=O)NC(Cc2ccccc2)C(O)C(=O)N2CSC(C)(C)C2C(=O)NCc2ccccc2C)c1. The fourth-order valence-electron chi connectivity index (χ4n) is 5.45. The first-order valence-corrected chi connectivity index (χ1v) is 15.4. The van der Waals surface area contributed by atoms with Gasteiger partial charge in [-0.25, -0.2) is 4.79 Å². The molecule has 3 amide bonds. The standard InChI is InChI=1S/C34H41N3O5S/c1-22-15-23(2)17-26(16-22)20-42-33(41)36-28(18-25-12-7-6-8-13-25)29(38)32(40)37-21-43-34(4,5)30(37)31(39)35-19-27-14-10-9-11-24(27)3/h6-17,28-30,38H,18-21H2,1-5H3,(H,35,39)(H,36,41). The van der Waals surface area contributed by atoms with Gasteiger partial charge in [0.2, 0.25) is 5.91 Å². The Balaban J connectivity index is 1.48. The van der Waals surface area contributed by atoms with Gasteiger partial charge in [0.15, 0.2) is 6.10 Å². The Morgan fingerprint density at radius 2 is 1.63 bits per heavy atom. The molecule has 3 unspecified atom stereocenters. The van der Waals surface area contributed by atoms with E-state index in [0.717, 1.165) is 33.4 Å². The summed E-state index contributed by atoms with van der Waals surface area (Å²) in [6.45, 7) is 10.1. The van der Waals surface area contributed by atoms with Crippen molar-refractivity contribution < 1.29 is 24.2 Å². The van der Waals surface area contributed by atoms with E-state index in [0.29, 0.717) is 6.54 Å². The van der Waals surface area contributed by atoms with Crippen LogP contribution in [0.15, 0.2) is 72.8 Å². The van der Waals surface area contributed by atoms with Crippen molar-refractivity contribution in [3.05, 3.63) is 106 Å². The number of rotatable bonds is 10. The summed E-state index contributed by atoms with van der Waals surface area (Å²) in [6, 6.07) is 21.2. The molecule has 0 saturated carbocycles. The lowest BCUT2D eigenvalue weighted by Gasteiger charge is -2.33. The molecule has 1 fully saturated rings. The van der Waals surface area contributed by atoms with Gasteiger partial charge >= 0.3 is 6.09 Å². The Morgan fingerprint density at radius 3 is 2.30 bits per heavy atom. The fourth-order valence-corrected chi connectivity index (χ4v) is 6.59. The maximum atomic E-state index is 13.8. The van der Waals surface area contributed by atoms with Crippen LogP contribution in [-0.2, 0) is 33.9 Å². The highest BCUT2D eigenvalue weighted by Gasteiger charge is 2.49. The Bertz CT molecular complexity index is 1420. The molecule has 3 aromatic rings. The molecule has 3 N–H and O–H groups in total. The molecule has 1 heterocycles. The Labute approximate surface area is 258 Å². The molecule has 0 aromatic heterocycles. The second-order valence-corrected chi connectivity index (χ2v) is 13.3. The van der Waals surface area contributed by atoms with Crippen molar-refractivity contribution in [3.8, 4) is 0 Å². The molecule has 9 heteroatoms. The number of alkyl carbamates (subject to hydrolysis) is 1. The second kappa shape index (κ2) is 14.1. The molecule has 3 atom stereocenters. The quantitative estimate of drug-likeness (QED) is 0.307. The Kier molecular flexibility index (Phi) is 10.5. The zero-order chi connectivity index (χ0) is 31.1. The van der Waals surface area contributed by atoms with E-state index in [1.165, 1.54) is 16.7 Å². The lowest BCUT2D eigenvalue weighted by Crippen LogP contribution is -2.58. The van der Waals surface area contributed by atoms with E-state index in [1.54, 1.807) is 0 Å². The number of benzene rings is 3. The molecule has 228 valence electrons. The third kappa shape index (κ3) is 8.39. The number of aryl methyl sites for hydroxylation is 3. The number of amides is 3. The van der Waals surface area contributed by atoms with Crippen molar-refractivity contribution in [3.63, 3.8) is 0 Å². The van der Waals surface area contributed by atoms with Gasteiger partial charge in [0.25, 0.3) is 5.91 Å². The number of nitrogens with zero attached hydrogens (tertiary/aromatic N) is 1. The molecule has 0 spiro atoms. The number of hydrogen-bond acceptors (Lipinski definition) is 6. The monoisotopic (exact) mass is 603 g/mol. The first-order valence-electron chi connectivity index (χ1n) is 14.4. The van der Waals surface area contributed by atoms with Crippen molar-refractivity contribution in [2.75, 3.05) is 5.88 Å². The molecule has 1 aliphatic heterocycles. The number of carbonyl (C=O) groups excluding carboxylic acids is 3. The van der Waals surface area contributed by atoms with Gasteiger partial charge in [0.05, 0.1) is 11.9 Å². The Hall–Kier alpha value is -3.82. The number of hydrogen-bond donors (Lipinski definition) is 3. The van der Waals surface area contributed by atoms with Crippen LogP contribution in [0.2, 0.25) is 0 Å². The predicted octanol–water partition coefficient (Wildman–Crippen LogP) is 4.81. The highest BCUT2D eigenvalue weighted by molar-refractivity contribution is 8.00. The minimum Gasteiger partial charge on any atom is -0.445 e. The highest BCUT2D eigenvalue weighted by Crippen LogP contribution is 2.40. The number of carbonyl (C=O) groups is 3. The summed E-state index contributed by atoms with van der Waals surface area (Å²) >= 11 is 1.47. The molecular weight excluding hydrogens is 562 g/mol. The van der Waals surface area contributed by atoms with Crippen LogP contribution in [0, 0.1) is 20.8 Å². The summed E-state index contributed by atoms with van der Waals surface area (Å²) < 4.78 is 4.90. The Morgan fingerprint density at radius 1 is 0.977 bits per heavy atom. The minimum absolute atomic E-state index is 0.0521. The van der Waals surface area contributed by atoms with E-state index in [2.05, 4.69) is 10.6 Å². The molecule has 4 rings (SSSR count). The summed E-state index contributed by atoms with van der Waals surface area (Å²) in [4.78, 5) is 41.7. The first-order chi connectivity index (χ1) is 20.4. The molecule has 1 aliphatic rings. The van der Waals surface area contributed by atoms with Gasteiger partial charge < -0.3 is 25.4 Å². The lowest BCUT2D eigenvalue weighted by atomic mass is 9.97. The molecule has 8 nitrogen and oxygen atoms in total. The average molecular weight is 604 g/mol. The fraction of sp³-hybridized carbons (Fsp3) is 0.382. The molecule has 0 bridgehead atoms. The topological polar surface area (TPSA) is 108 Å². The van der Waals surface area contributed by atoms with E-state index in [9.17, 15) is 19.5 Å². The summed E-state index contributed by atoms with van der Waals surface area (Å²) in [5, 5.41) is 17.1. The van der Waals surface area contributed by atoms with Crippen LogP contribution in [-0.4, -0.2) is 56.7 Å². The first kappa shape index (κ1) is 32.1. The van der Waals surface area contributed by atoms with Crippen molar-refractivity contribution in [2.45, 2.75) is 77.1 Å². The zero-order valence-electron chi connectivity index (χ0n) is 25.4. The summed E-state index contributed by atoms with van der Waals surface area (Å²) in [5.74, 6) is -0.676. The molecule has 0 aliphatic carbocycles. The molecule has 0 radical (unpaired) electrons. The summed E-state index contributed by atoms with van der Waals surface area (Å²) in [5.41, 5.74) is 5.85. The van der Waals surface area contributed by atoms with Crippen molar-refractivity contribution in [1.82, 2.24) is 15.5 Å². The largest absolute Gasteiger partial charge is 0.445 e. The molecule has 3 aromatic carbocycles. The predicted molar refractivity (Wildman–Crippen MR) is 169 cm³/mol. The van der Waals surface area contributed by atoms with Crippen molar-refractivity contribution >= 4 is 29.7 Å². The van der Waals surface area contributed by atoms with Gasteiger partial charge in [-0.05, 0) is 63.3 Å². The second-order valence-electron chi connectivity index (χ2n) is 11.7. The van der Waals surface area contributed by atoms with E-state index in [-0.39, 0.29) is 24.8 Å². The van der Waals surface area contributed by atoms with Crippen LogP contribution >= 0.6 is 11.8 Å². The molecule has 1 saturated heterocycles. The summed E-state index contributed by atoms with van der Waals surface area (Å²) in [6.07, 6.45) is -2.15. The highest BCUT2D eigenvalue weighted by atomic mass is 32.2. The van der Waals surface area contributed by atoms with E-state index in [1.807, 2.05) is 107 Å². The van der Waals surface area contributed by atoms with Gasteiger partial charge in [0, 0.05) is 11.3 Å². The van der Waals surface area contributed by atoms with Crippen LogP contribution in [0.4, 0.5) is 4.79 Å². The zero-order valence-corrected chi connectivity index (χ0v) is 26.2. The number of aliphatic hydroxyl groups is 1. The molecular formula is C34H41N3O5S. The van der Waals surface area contributed by atoms with Crippen LogP contribution in [0.5, 0.6) is 0 Å². The van der Waals surface area contributed by atoms with E-state index in [4.69, 9.17) is 4.74 Å². The molecule has 43 heavy (non-hydrogen) atoms. The summed E-state index contributed by atoms with van der Waals surface area (Å²) in [7, 11) is 0. The number of aliphatic hydroxyl groups excluding tert-OH is 1. The van der Waals surface area contributed by atoms with E-state index >= 15 is 0 Å². The minimum atomic E-state index is -1.60. The normalized spacial score (nSPS) is 17.2. The van der Waals surface area contributed by atoms with Gasteiger partial charge in [-0.1, -0.05) is 83.9 Å². The van der Waals surface area contributed by atoms with Crippen LogP contribution in [0.25, 0.3) is 0 Å².